The second-order valence-electron chi connectivity index (χ2n) is 7.68. The van der Waals surface area contributed by atoms with Crippen LogP contribution in [0.4, 0.5) is 10.1 Å². The van der Waals surface area contributed by atoms with Gasteiger partial charge >= 0.3 is 0 Å². The van der Waals surface area contributed by atoms with E-state index in [1.165, 1.54) is 12.1 Å². The van der Waals surface area contributed by atoms with Crippen molar-refractivity contribution in [2.24, 2.45) is 0 Å². The largest absolute Gasteiger partial charge is 0.322 e. The fourth-order valence-electron chi connectivity index (χ4n) is 3.82. The van der Waals surface area contributed by atoms with Crippen molar-refractivity contribution in [3.8, 4) is 0 Å². The number of aromatic nitrogens is 2. The molecule has 3 aromatic carbocycles. The van der Waals surface area contributed by atoms with Gasteiger partial charge in [0.15, 0.2) is 0 Å². The van der Waals surface area contributed by atoms with Crippen molar-refractivity contribution >= 4 is 23.2 Å². The lowest BCUT2D eigenvalue weighted by Gasteiger charge is -2.18. The molecule has 32 heavy (non-hydrogen) atoms. The number of nitrogens with one attached hydrogen (secondary N) is 1. The summed E-state index contributed by atoms with van der Waals surface area (Å²) >= 11 is 6.19. The third-order valence-electron chi connectivity index (χ3n) is 5.49. The zero-order valence-corrected chi connectivity index (χ0v) is 18.6. The number of amides is 1. The standard InChI is InChI=1S/C26H23ClFN3O/c1-17-25(18(2)31(30-17)16-21-13-14-22(28)15-23(21)27)29-26(32)24(19-9-5-3-6-10-19)20-11-7-4-8-12-20/h3-15,24H,16H2,1-2H3,(H,29,32). The lowest BCUT2D eigenvalue weighted by Crippen LogP contribution is -2.23. The summed E-state index contributed by atoms with van der Waals surface area (Å²) in [4.78, 5) is 13.5. The van der Waals surface area contributed by atoms with Gasteiger partial charge in [0, 0.05) is 5.02 Å². The van der Waals surface area contributed by atoms with Gasteiger partial charge in [0.1, 0.15) is 5.82 Å². The lowest BCUT2D eigenvalue weighted by atomic mass is 9.90. The number of carbonyl (C=O) groups is 1. The van der Waals surface area contributed by atoms with Gasteiger partial charge in [-0.1, -0.05) is 78.3 Å². The summed E-state index contributed by atoms with van der Waals surface area (Å²) in [7, 11) is 0. The average Bonchev–Trinajstić information content (AvgIpc) is 3.05. The minimum atomic E-state index is -0.453. The van der Waals surface area contributed by atoms with Crippen LogP contribution in [-0.4, -0.2) is 15.7 Å². The minimum absolute atomic E-state index is 0.132. The van der Waals surface area contributed by atoms with E-state index in [4.69, 9.17) is 11.6 Å². The Labute approximate surface area is 191 Å². The summed E-state index contributed by atoms with van der Waals surface area (Å²) in [6.07, 6.45) is 0. The van der Waals surface area contributed by atoms with Crippen molar-refractivity contribution < 1.29 is 9.18 Å². The molecule has 0 aliphatic carbocycles. The van der Waals surface area contributed by atoms with E-state index in [0.29, 0.717) is 22.9 Å². The van der Waals surface area contributed by atoms with Gasteiger partial charge in [-0.25, -0.2) is 4.39 Å². The van der Waals surface area contributed by atoms with E-state index >= 15 is 0 Å². The molecule has 1 amide bonds. The van der Waals surface area contributed by atoms with Crippen LogP contribution in [0.25, 0.3) is 0 Å². The third kappa shape index (κ3) is 4.58. The molecule has 0 aliphatic rings. The van der Waals surface area contributed by atoms with Crippen LogP contribution >= 0.6 is 11.6 Å². The van der Waals surface area contributed by atoms with Crippen molar-refractivity contribution in [1.82, 2.24) is 9.78 Å². The maximum atomic E-state index is 13.5. The fraction of sp³-hybridized carbons (Fsp3) is 0.154. The highest BCUT2D eigenvalue weighted by Crippen LogP contribution is 2.29. The lowest BCUT2D eigenvalue weighted by molar-refractivity contribution is -0.116. The predicted molar refractivity (Wildman–Crippen MR) is 126 cm³/mol. The topological polar surface area (TPSA) is 46.9 Å². The highest BCUT2D eigenvalue weighted by atomic mass is 35.5. The Balaban J connectivity index is 1.63. The molecule has 0 atom stereocenters. The molecule has 1 heterocycles. The van der Waals surface area contributed by atoms with Crippen LogP contribution in [0.5, 0.6) is 0 Å². The van der Waals surface area contributed by atoms with Crippen LogP contribution in [0.3, 0.4) is 0 Å². The van der Waals surface area contributed by atoms with Gasteiger partial charge in [-0.2, -0.15) is 5.10 Å². The SMILES string of the molecule is Cc1nn(Cc2ccc(F)cc2Cl)c(C)c1NC(=O)C(c1ccccc1)c1ccccc1. The molecule has 0 radical (unpaired) electrons. The van der Waals surface area contributed by atoms with E-state index in [-0.39, 0.29) is 11.7 Å². The van der Waals surface area contributed by atoms with Gasteiger partial charge in [-0.3, -0.25) is 9.48 Å². The first kappa shape index (κ1) is 21.8. The Morgan fingerprint density at radius 1 is 1.00 bits per heavy atom. The summed E-state index contributed by atoms with van der Waals surface area (Å²) in [5, 5.41) is 8.01. The van der Waals surface area contributed by atoms with E-state index in [1.54, 1.807) is 10.7 Å². The van der Waals surface area contributed by atoms with Crippen LogP contribution in [0.2, 0.25) is 5.02 Å². The van der Waals surface area contributed by atoms with E-state index in [9.17, 15) is 9.18 Å². The molecule has 162 valence electrons. The maximum Gasteiger partial charge on any atom is 0.236 e. The first-order valence-corrected chi connectivity index (χ1v) is 10.7. The van der Waals surface area contributed by atoms with Gasteiger partial charge < -0.3 is 5.32 Å². The Morgan fingerprint density at radius 2 is 1.59 bits per heavy atom. The van der Waals surface area contributed by atoms with Gasteiger partial charge in [0.05, 0.1) is 29.5 Å². The number of hydrogen-bond acceptors (Lipinski definition) is 2. The van der Waals surface area contributed by atoms with Crippen LogP contribution in [0.1, 0.15) is 34.0 Å². The van der Waals surface area contributed by atoms with Crippen molar-refractivity contribution in [2.75, 3.05) is 5.32 Å². The van der Waals surface area contributed by atoms with Gasteiger partial charge in [-0.15, -0.1) is 0 Å². The molecule has 0 bridgehead atoms. The molecule has 1 aromatic heterocycles. The number of nitrogens with zero attached hydrogens (tertiary/aromatic N) is 2. The number of aryl methyl sites for hydroxylation is 1. The van der Waals surface area contributed by atoms with Gasteiger partial charge in [0.2, 0.25) is 5.91 Å². The Bertz CT molecular complexity index is 1200. The molecule has 4 rings (SSSR count). The van der Waals surface area contributed by atoms with E-state index in [1.807, 2.05) is 74.5 Å². The number of benzene rings is 3. The van der Waals surface area contributed by atoms with Crippen LogP contribution in [0, 0.1) is 19.7 Å². The summed E-state index contributed by atoms with van der Waals surface area (Å²) in [5.41, 5.74) is 4.76. The van der Waals surface area contributed by atoms with Gasteiger partial charge in [-0.05, 0) is 42.7 Å². The van der Waals surface area contributed by atoms with Crippen LogP contribution in [0.15, 0.2) is 78.9 Å². The second-order valence-corrected chi connectivity index (χ2v) is 8.09. The second kappa shape index (κ2) is 9.37. The monoisotopic (exact) mass is 447 g/mol. The van der Waals surface area contributed by atoms with Crippen LogP contribution in [-0.2, 0) is 11.3 Å². The van der Waals surface area contributed by atoms with E-state index < -0.39 is 5.92 Å². The zero-order chi connectivity index (χ0) is 22.7. The molecule has 0 fully saturated rings. The molecular weight excluding hydrogens is 425 g/mol. The quantitative estimate of drug-likeness (QED) is 0.387. The first-order valence-electron chi connectivity index (χ1n) is 10.3. The first-order chi connectivity index (χ1) is 15.4. The van der Waals surface area contributed by atoms with Gasteiger partial charge in [0.25, 0.3) is 0 Å². The number of carbonyl (C=O) groups excluding carboxylic acids is 1. The number of rotatable bonds is 6. The molecule has 4 aromatic rings. The van der Waals surface area contributed by atoms with Crippen LogP contribution < -0.4 is 5.32 Å². The summed E-state index contributed by atoms with van der Waals surface area (Å²) in [6.45, 7) is 4.13. The maximum absolute atomic E-state index is 13.5. The fourth-order valence-corrected chi connectivity index (χ4v) is 4.05. The van der Waals surface area contributed by atoms with E-state index in [2.05, 4.69) is 10.4 Å². The smallest absolute Gasteiger partial charge is 0.236 e. The van der Waals surface area contributed by atoms with Crippen molar-refractivity contribution in [3.05, 3.63) is 118 Å². The molecule has 1 N–H and O–H groups in total. The molecule has 0 unspecified atom stereocenters. The normalized spacial score (nSPS) is 11.0. The van der Waals surface area contributed by atoms with Crippen molar-refractivity contribution in [3.63, 3.8) is 0 Å². The van der Waals surface area contributed by atoms with E-state index in [0.717, 1.165) is 22.4 Å². The minimum Gasteiger partial charge on any atom is -0.322 e. The zero-order valence-electron chi connectivity index (χ0n) is 17.8. The molecular formula is C26H23ClFN3O. The molecule has 0 saturated carbocycles. The summed E-state index contributed by atoms with van der Waals surface area (Å²) in [6, 6.07) is 23.7. The number of anilines is 1. The molecule has 0 saturated heterocycles. The predicted octanol–water partition coefficient (Wildman–Crippen LogP) is 6.11. The van der Waals surface area contributed by atoms with Crippen molar-refractivity contribution in [2.45, 2.75) is 26.3 Å². The number of halogens is 2. The molecule has 0 aliphatic heterocycles. The summed E-state index contributed by atoms with van der Waals surface area (Å²) in [5.74, 6) is -0.966. The Kier molecular flexibility index (Phi) is 6.37. The third-order valence-corrected chi connectivity index (χ3v) is 5.84. The average molecular weight is 448 g/mol. The Hall–Kier alpha value is -3.44. The number of hydrogen-bond donors (Lipinski definition) is 1. The summed E-state index contributed by atoms with van der Waals surface area (Å²) < 4.78 is 15.1. The molecule has 0 spiro atoms. The highest BCUT2D eigenvalue weighted by molar-refractivity contribution is 6.31. The highest BCUT2D eigenvalue weighted by Gasteiger charge is 2.25. The van der Waals surface area contributed by atoms with Crippen molar-refractivity contribution in [1.29, 1.82) is 0 Å². The Morgan fingerprint density at radius 3 is 2.16 bits per heavy atom. The molecule has 4 nitrogen and oxygen atoms in total. The molecule has 6 heteroatoms.